The van der Waals surface area contributed by atoms with Crippen molar-refractivity contribution < 1.29 is 39.9 Å². The lowest BCUT2D eigenvalue weighted by atomic mass is 10.1. The summed E-state index contributed by atoms with van der Waals surface area (Å²) in [5.41, 5.74) is -0.940. The van der Waals surface area contributed by atoms with Crippen LogP contribution in [-0.2, 0) is 11.3 Å². The molecule has 1 rings (SSSR count). The lowest BCUT2D eigenvalue weighted by Crippen LogP contribution is -2.54. The average molecular weight is 340 g/mol. The molecule has 0 heterocycles. The molecule has 1 nitrogen and oxygen atoms in total. The fraction of sp³-hybridized carbons (Fsp3) is 0.455. The highest BCUT2D eigenvalue weighted by Gasteiger charge is 2.70. The van der Waals surface area contributed by atoms with Crippen molar-refractivity contribution in [2.45, 2.75) is 30.8 Å². The Hall–Kier alpha value is -1.03. The van der Waals surface area contributed by atoms with E-state index in [4.69, 9.17) is 0 Å². The van der Waals surface area contributed by atoms with E-state index in [2.05, 4.69) is 17.4 Å². The predicted molar refractivity (Wildman–Crippen MR) is 59.7 cm³/mol. The summed E-state index contributed by atoms with van der Waals surface area (Å²) in [4.78, 5) is -4.83. The van der Waals surface area contributed by atoms with E-state index in [0.29, 0.717) is 0 Å². The third-order valence-electron chi connectivity index (χ3n) is 2.48. The normalized spacial score (nSPS) is 13.6. The second-order valence-corrected chi connectivity index (χ2v) is 4.77. The van der Waals surface area contributed by atoms with Gasteiger partial charge in [-0.15, -0.1) is 12.6 Å². The van der Waals surface area contributed by atoms with Gasteiger partial charge in [-0.2, -0.15) is 26.3 Å². The SMILES string of the molecule is Cc1cc(F)c(COC(S)(C(F)(F)F)C(F)(F)F)c(F)c1. The molecule has 0 aliphatic heterocycles. The molecule has 0 N–H and O–H groups in total. The topological polar surface area (TPSA) is 9.23 Å². The van der Waals surface area contributed by atoms with Crippen LogP contribution in [0.25, 0.3) is 0 Å². The van der Waals surface area contributed by atoms with Crippen LogP contribution < -0.4 is 0 Å². The van der Waals surface area contributed by atoms with Crippen LogP contribution in [0.4, 0.5) is 35.1 Å². The lowest BCUT2D eigenvalue weighted by molar-refractivity contribution is -0.342. The van der Waals surface area contributed by atoms with Crippen molar-refractivity contribution in [3.63, 3.8) is 0 Å². The van der Waals surface area contributed by atoms with Gasteiger partial charge in [0, 0.05) is 5.56 Å². The number of alkyl halides is 6. The van der Waals surface area contributed by atoms with Gasteiger partial charge in [0.15, 0.2) is 0 Å². The first-order valence-corrected chi connectivity index (χ1v) is 5.68. The minimum Gasteiger partial charge on any atom is -0.344 e. The zero-order valence-electron chi connectivity index (χ0n) is 10.2. The van der Waals surface area contributed by atoms with Crippen LogP contribution in [0.2, 0.25) is 0 Å². The van der Waals surface area contributed by atoms with Crippen LogP contribution in [0, 0.1) is 18.6 Å². The summed E-state index contributed by atoms with van der Waals surface area (Å²) < 4.78 is 105. The molecule has 0 bridgehead atoms. The second kappa shape index (κ2) is 5.64. The van der Waals surface area contributed by atoms with Crippen molar-refractivity contribution >= 4 is 12.6 Å². The minimum atomic E-state index is -5.92. The maximum atomic E-state index is 13.4. The number of rotatable bonds is 3. The Kier molecular flexibility index (Phi) is 4.84. The highest BCUT2D eigenvalue weighted by atomic mass is 32.1. The molecule has 0 atom stereocenters. The third-order valence-corrected chi connectivity index (χ3v) is 3.12. The fourth-order valence-corrected chi connectivity index (χ4v) is 1.43. The molecule has 1 aromatic carbocycles. The predicted octanol–water partition coefficient (Wildman–Crippen LogP) is 4.54. The molecule has 0 fully saturated rings. The third kappa shape index (κ3) is 3.60. The molecule has 0 aromatic heterocycles. The van der Waals surface area contributed by atoms with E-state index in [9.17, 15) is 35.1 Å². The number of aryl methyl sites for hydroxylation is 1. The van der Waals surface area contributed by atoms with E-state index in [1.807, 2.05) is 0 Å². The van der Waals surface area contributed by atoms with Gasteiger partial charge in [-0.25, -0.2) is 8.78 Å². The smallest absolute Gasteiger partial charge is 0.344 e. The molecule has 1 aromatic rings. The van der Waals surface area contributed by atoms with Gasteiger partial charge in [-0.3, -0.25) is 0 Å². The highest BCUT2D eigenvalue weighted by molar-refractivity contribution is 7.81. The number of hydrogen-bond donors (Lipinski definition) is 1. The summed E-state index contributed by atoms with van der Waals surface area (Å²) in [7, 11) is 0. The standard InChI is InChI=1S/C11H8F8OS/c1-5-2-7(12)6(8(13)3-5)4-20-9(21,10(14,15)16)11(17,18)19/h2-3,21H,4H2,1H3. The number of halogens is 8. The van der Waals surface area contributed by atoms with Crippen molar-refractivity contribution in [3.05, 3.63) is 34.9 Å². The number of hydrogen-bond acceptors (Lipinski definition) is 2. The molecule has 0 radical (unpaired) electrons. The van der Waals surface area contributed by atoms with Crippen molar-refractivity contribution in [2.24, 2.45) is 0 Å². The van der Waals surface area contributed by atoms with Crippen molar-refractivity contribution in [2.75, 3.05) is 0 Å². The molecular weight excluding hydrogens is 332 g/mol. The molecule has 0 saturated carbocycles. The molecular formula is C11H8F8OS. The Bertz CT molecular complexity index is 485. The van der Waals surface area contributed by atoms with Gasteiger partial charge in [0.05, 0.1) is 6.61 Å². The van der Waals surface area contributed by atoms with Gasteiger partial charge in [-0.05, 0) is 24.6 Å². The monoisotopic (exact) mass is 340 g/mol. The Morgan fingerprint density at radius 2 is 1.33 bits per heavy atom. The van der Waals surface area contributed by atoms with E-state index < -0.39 is 41.1 Å². The minimum absolute atomic E-state index is 0.109. The van der Waals surface area contributed by atoms with Crippen LogP contribution in [0.5, 0.6) is 0 Å². The van der Waals surface area contributed by atoms with Gasteiger partial charge in [0.25, 0.3) is 0 Å². The molecule has 0 spiro atoms. The van der Waals surface area contributed by atoms with Gasteiger partial charge in [-0.1, -0.05) is 0 Å². The molecule has 120 valence electrons. The zero-order chi connectivity index (χ0) is 16.6. The van der Waals surface area contributed by atoms with E-state index in [1.165, 1.54) is 6.92 Å². The Morgan fingerprint density at radius 1 is 0.952 bits per heavy atom. The molecule has 0 amide bonds. The Labute approximate surface area is 119 Å². The van der Waals surface area contributed by atoms with Gasteiger partial charge in [0.1, 0.15) is 11.6 Å². The van der Waals surface area contributed by atoms with Gasteiger partial charge in [0.2, 0.25) is 0 Å². The first kappa shape index (κ1) is 18.0. The van der Waals surface area contributed by atoms with Crippen molar-refractivity contribution in [3.8, 4) is 0 Å². The van der Waals surface area contributed by atoms with E-state index in [0.717, 1.165) is 12.1 Å². The van der Waals surface area contributed by atoms with E-state index >= 15 is 0 Å². The van der Waals surface area contributed by atoms with Crippen LogP contribution in [0.1, 0.15) is 11.1 Å². The fourth-order valence-electron chi connectivity index (χ4n) is 1.37. The maximum absolute atomic E-state index is 13.4. The molecule has 0 aliphatic carbocycles. The largest absolute Gasteiger partial charge is 0.436 e. The zero-order valence-corrected chi connectivity index (χ0v) is 11.1. The number of ether oxygens (including phenoxy) is 1. The summed E-state index contributed by atoms with van der Waals surface area (Å²) in [5, 5.41) is 0. The molecule has 0 unspecified atom stereocenters. The van der Waals surface area contributed by atoms with Gasteiger partial charge < -0.3 is 4.74 Å². The van der Waals surface area contributed by atoms with Crippen molar-refractivity contribution in [1.82, 2.24) is 0 Å². The summed E-state index contributed by atoms with van der Waals surface area (Å²) in [6, 6.07) is 1.51. The van der Waals surface area contributed by atoms with Crippen LogP contribution in [0.15, 0.2) is 12.1 Å². The van der Waals surface area contributed by atoms with E-state index in [-0.39, 0.29) is 5.56 Å². The molecule has 10 heteroatoms. The van der Waals surface area contributed by atoms with Crippen LogP contribution >= 0.6 is 12.6 Å². The molecule has 0 aliphatic rings. The number of thiol groups is 1. The van der Waals surface area contributed by atoms with Crippen molar-refractivity contribution in [1.29, 1.82) is 0 Å². The Balaban J connectivity index is 3.10. The van der Waals surface area contributed by atoms with Gasteiger partial charge >= 0.3 is 17.3 Å². The van der Waals surface area contributed by atoms with Crippen LogP contribution in [-0.4, -0.2) is 17.3 Å². The average Bonchev–Trinajstić information content (AvgIpc) is 2.23. The molecule has 0 saturated heterocycles. The lowest BCUT2D eigenvalue weighted by Gasteiger charge is -2.32. The van der Waals surface area contributed by atoms with Crippen LogP contribution in [0.3, 0.4) is 0 Å². The van der Waals surface area contributed by atoms with E-state index in [1.54, 1.807) is 0 Å². The summed E-state index contributed by atoms with van der Waals surface area (Å²) >= 11 is 2.48. The second-order valence-electron chi connectivity index (χ2n) is 4.14. The highest BCUT2D eigenvalue weighted by Crippen LogP contribution is 2.49. The quantitative estimate of drug-likeness (QED) is 0.483. The summed E-state index contributed by atoms with van der Waals surface area (Å²) in [6.45, 7) is -0.286. The first-order valence-electron chi connectivity index (χ1n) is 5.24. The summed E-state index contributed by atoms with van der Waals surface area (Å²) in [6.07, 6.45) is -11.8. The summed E-state index contributed by atoms with van der Waals surface area (Å²) in [5.74, 6) is -2.62. The first-order chi connectivity index (χ1) is 9.29. The Morgan fingerprint density at radius 3 is 1.67 bits per heavy atom. The number of benzene rings is 1. The molecule has 21 heavy (non-hydrogen) atoms. The maximum Gasteiger partial charge on any atom is 0.436 e.